The predicted octanol–water partition coefficient (Wildman–Crippen LogP) is 3.62. The first kappa shape index (κ1) is 14.5. The van der Waals surface area contributed by atoms with Gasteiger partial charge in [0.05, 0.1) is 0 Å². The summed E-state index contributed by atoms with van der Waals surface area (Å²) in [6, 6.07) is 0. The van der Waals surface area contributed by atoms with Crippen LogP contribution in [0.3, 0.4) is 0 Å². The zero-order valence-electron chi connectivity index (χ0n) is 11.2. The Bertz CT molecular complexity index is 240. The van der Waals surface area contributed by atoms with E-state index in [-0.39, 0.29) is 5.92 Å². The van der Waals surface area contributed by atoms with E-state index in [1.54, 1.807) is 0 Å². The van der Waals surface area contributed by atoms with Gasteiger partial charge in [-0.25, -0.2) is 4.79 Å². The highest BCUT2D eigenvalue weighted by atomic mass is 16.5. The molecule has 0 aliphatic heterocycles. The van der Waals surface area contributed by atoms with Crippen molar-refractivity contribution in [3.63, 3.8) is 0 Å². The molecule has 0 saturated heterocycles. The Kier molecular flexibility index (Phi) is 5.96. The lowest BCUT2D eigenvalue weighted by Crippen LogP contribution is -2.49. The molecular weight excluding hydrogens is 216 g/mol. The topological polar surface area (TPSA) is 46.5 Å². The Morgan fingerprint density at radius 2 is 2.12 bits per heavy atom. The van der Waals surface area contributed by atoms with Gasteiger partial charge in [0.15, 0.2) is 5.60 Å². The number of carboxylic acids is 1. The van der Waals surface area contributed by atoms with Crippen molar-refractivity contribution >= 4 is 5.97 Å². The molecule has 0 aromatic heterocycles. The Hall–Kier alpha value is -0.570. The van der Waals surface area contributed by atoms with Crippen LogP contribution in [0, 0.1) is 5.92 Å². The van der Waals surface area contributed by atoms with Crippen molar-refractivity contribution in [2.45, 2.75) is 70.8 Å². The summed E-state index contributed by atoms with van der Waals surface area (Å²) in [5.41, 5.74) is -0.898. The molecule has 0 heterocycles. The lowest BCUT2D eigenvalue weighted by atomic mass is 9.76. The van der Waals surface area contributed by atoms with Gasteiger partial charge in [-0.3, -0.25) is 0 Å². The third-order valence-corrected chi connectivity index (χ3v) is 3.95. The number of hydrogen-bond donors (Lipinski definition) is 1. The summed E-state index contributed by atoms with van der Waals surface area (Å²) in [7, 11) is 0. The lowest BCUT2D eigenvalue weighted by Gasteiger charge is -2.38. The Labute approximate surface area is 105 Å². The van der Waals surface area contributed by atoms with Crippen molar-refractivity contribution in [1.29, 1.82) is 0 Å². The van der Waals surface area contributed by atoms with Crippen LogP contribution in [0.2, 0.25) is 0 Å². The fourth-order valence-corrected chi connectivity index (χ4v) is 2.69. The van der Waals surface area contributed by atoms with Crippen molar-refractivity contribution in [2.75, 3.05) is 6.61 Å². The second-order valence-corrected chi connectivity index (χ2v) is 5.25. The molecule has 0 radical (unpaired) electrons. The van der Waals surface area contributed by atoms with E-state index in [0.717, 1.165) is 32.1 Å². The molecule has 1 aliphatic carbocycles. The predicted molar refractivity (Wildman–Crippen MR) is 68.1 cm³/mol. The average Bonchev–Trinajstić information content (AvgIpc) is 2.31. The number of unbranched alkanes of at least 4 members (excludes halogenated alkanes) is 3. The number of carboxylic acid groups (broad SMARTS) is 1. The van der Waals surface area contributed by atoms with E-state index in [9.17, 15) is 9.90 Å². The quantitative estimate of drug-likeness (QED) is 0.694. The fraction of sp³-hybridized carbons (Fsp3) is 0.929. The van der Waals surface area contributed by atoms with Crippen molar-refractivity contribution < 1.29 is 14.6 Å². The van der Waals surface area contributed by atoms with Gasteiger partial charge >= 0.3 is 5.97 Å². The highest BCUT2D eigenvalue weighted by Gasteiger charge is 2.46. The largest absolute Gasteiger partial charge is 0.479 e. The summed E-state index contributed by atoms with van der Waals surface area (Å²) >= 11 is 0. The maximum atomic E-state index is 11.5. The minimum atomic E-state index is -0.898. The minimum absolute atomic E-state index is 0.139. The van der Waals surface area contributed by atoms with E-state index in [2.05, 4.69) is 6.92 Å². The molecule has 1 saturated carbocycles. The molecule has 17 heavy (non-hydrogen) atoms. The van der Waals surface area contributed by atoms with E-state index < -0.39 is 11.6 Å². The molecule has 3 nitrogen and oxygen atoms in total. The van der Waals surface area contributed by atoms with E-state index in [1.807, 2.05) is 6.92 Å². The Balaban J connectivity index is 2.44. The number of carbonyl (C=O) groups is 1. The van der Waals surface area contributed by atoms with Crippen molar-refractivity contribution in [1.82, 2.24) is 0 Å². The molecule has 0 spiro atoms. The molecule has 1 N–H and O–H groups in total. The first-order chi connectivity index (χ1) is 8.13. The van der Waals surface area contributed by atoms with Crippen LogP contribution in [-0.4, -0.2) is 23.3 Å². The van der Waals surface area contributed by atoms with Gasteiger partial charge in [-0.2, -0.15) is 0 Å². The number of aliphatic carboxylic acids is 1. The third-order valence-electron chi connectivity index (χ3n) is 3.95. The lowest BCUT2D eigenvalue weighted by molar-refractivity contribution is -0.179. The first-order valence-corrected chi connectivity index (χ1v) is 7.01. The number of rotatable bonds is 7. The molecule has 0 amide bonds. The molecule has 0 aromatic rings. The van der Waals surface area contributed by atoms with Crippen LogP contribution in [-0.2, 0) is 9.53 Å². The van der Waals surface area contributed by atoms with Crippen LogP contribution < -0.4 is 0 Å². The average molecular weight is 242 g/mol. The highest BCUT2D eigenvalue weighted by molar-refractivity contribution is 5.78. The standard InChI is InChI=1S/C14H26O3/c1-3-4-5-8-11-17-14(13(15)16)10-7-6-9-12(14)2/h12H,3-11H2,1-2H3,(H,15,16). The SMILES string of the molecule is CCCCCCOC1(C(=O)O)CCCCC1C. The molecule has 2 unspecified atom stereocenters. The monoisotopic (exact) mass is 242 g/mol. The van der Waals surface area contributed by atoms with Crippen LogP contribution in [0.5, 0.6) is 0 Å². The number of ether oxygens (including phenoxy) is 1. The molecular formula is C14H26O3. The van der Waals surface area contributed by atoms with Crippen molar-refractivity contribution in [3.05, 3.63) is 0 Å². The van der Waals surface area contributed by atoms with Crippen LogP contribution >= 0.6 is 0 Å². The van der Waals surface area contributed by atoms with Gasteiger partial charge in [-0.05, 0) is 31.6 Å². The van der Waals surface area contributed by atoms with E-state index in [1.165, 1.54) is 12.8 Å². The summed E-state index contributed by atoms with van der Waals surface area (Å²) in [6.07, 6.45) is 8.29. The van der Waals surface area contributed by atoms with Crippen LogP contribution in [0.15, 0.2) is 0 Å². The molecule has 3 heteroatoms. The first-order valence-electron chi connectivity index (χ1n) is 7.01. The van der Waals surface area contributed by atoms with Gasteiger partial charge in [0.1, 0.15) is 0 Å². The van der Waals surface area contributed by atoms with Crippen molar-refractivity contribution in [3.8, 4) is 0 Å². The van der Waals surface area contributed by atoms with E-state index in [0.29, 0.717) is 13.0 Å². The summed E-state index contributed by atoms with van der Waals surface area (Å²) in [4.78, 5) is 11.5. The zero-order chi connectivity index (χ0) is 12.7. The minimum Gasteiger partial charge on any atom is -0.479 e. The normalized spacial score (nSPS) is 29.2. The zero-order valence-corrected chi connectivity index (χ0v) is 11.2. The van der Waals surface area contributed by atoms with E-state index >= 15 is 0 Å². The van der Waals surface area contributed by atoms with Gasteiger partial charge in [0.2, 0.25) is 0 Å². The Morgan fingerprint density at radius 3 is 2.71 bits per heavy atom. The molecule has 2 atom stereocenters. The van der Waals surface area contributed by atoms with Crippen LogP contribution in [0.25, 0.3) is 0 Å². The van der Waals surface area contributed by atoms with Gasteiger partial charge in [0.25, 0.3) is 0 Å². The maximum Gasteiger partial charge on any atom is 0.336 e. The van der Waals surface area contributed by atoms with Crippen LogP contribution in [0.4, 0.5) is 0 Å². The molecule has 1 fully saturated rings. The van der Waals surface area contributed by atoms with Crippen LogP contribution in [0.1, 0.15) is 65.2 Å². The summed E-state index contributed by atoms with van der Waals surface area (Å²) < 4.78 is 5.79. The van der Waals surface area contributed by atoms with Gasteiger partial charge in [-0.1, -0.05) is 39.5 Å². The smallest absolute Gasteiger partial charge is 0.336 e. The second-order valence-electron chi connectivity index (χ2n) is 5.25. The highest BCUT2D eigenvalue weighted by Crippen LogP contribution is 2.37. The molecule has 1 rings (SSSR count). The third kappa shape index (κ3) is 3.70. The van der Waals surface area contributed by atoms with E-state index in [4.69, 9.17) is 4.74 Å². The molecule has 0 bridgehead atoms. The Morgan fingerprint density at radius 1 is 1.35 bits per heavy atom. The molecule has 100 valence electrons. The maximum absolute atomic E-state index is 11.5. The summed E-state index contributed by atoms with van der Waals surface area (Å²) in [5.74, 6) is -0.625. The second kappa shape index (κ2) is 7.00. The van der Waals surface area contributed by atoms with Gasteiger partial charge in [-0.15, -0.1) is 0 Å². The molecule has 1 aliphatic rings. The summed E-state index contributed by atoms with van der Waals surface area (Å²) in [6.45, 7) is 4.78. The van der Waals surface area contributed by atoms with Gasteiger partial charge in [0, 0.05) is 6.61 Å². The summed E-state index contributed by atoms with van der Waals surface area (Å²) in [5, 5.41) is 9.44. The van der Waals surface area contributed by atoms with Gasteiger partial charge < -0.3 is 9.84 Å². The molecule has 0 aromatic carbocycles. The number of hydrogen-bond acceptors (Lipinski definition) is 2. The fourth-order valence-electron chi connectivity index (χ4n) is 2.69. The van der Waals surface area contributed by atoms with Crippen molar-refractivity contribution in [2.24, 2.45) is 5.92 Å².